The van der Waals surface area contributed by atoms with Crippen LogP contribution < -0.4 is 4.90 Å². The number of benzene rings is 2. The number of para-hydroxylation sites is 1. The van der Waals surface area contributed by atoms with E-state index in [2.05, 4.69) is 126 Å². The molecule has 202 valence electrons. The number of rotatable bonds is 5. The largest absolute Gasteiger partial charge is 0.318 e. The van der Waals surface area contributed by atoms with E-state index in [1.54, 1.807) is 6.20 Å². The van der Waals surface area contributed by atoms with Gasteiger partial charge >= 0.3 is 0 Å². The number of pyridine rings is 2. The molecule has 3 atom stereocenters. The molecule has 3 nitrogen and oxygen atoms in total. The Balaban J connectivity index is 1.13. The van der Waals surface area contributed by atoms with Crippen LogP contribution in [0.1, 0.15) is 29.0 Å². The molecule has 2 aromatic heterocycles. The van der Waals surface area contributed by atoms with Crippen molar-refractivity contribution in [3.63, 3.8) is 0 Å². The molecule has 2 aliphatic heterocycles. The topological polar surface area (TPSA) is 29.0 Å². The molecule has 42 heavy (non-hydrogen) atoms. The molecule has 4 heteroatoms. The molecule has 0 bridgehead atoms. The maximum atomic E-state index is 4.90. The summed E-state index contributed by atoms with van der Waals surface area (Å²) in [7, 11) is 0. The first-order valence-electron chi connectivity index (χ1n) is 14.5. The average molecular weight is 560 g/mol. The van der Waals surface area contributed by atoms with Crippen LogP contribution >= 0.6 is 11.8 Å². The summed E-state index contributed by atoms with van der Waals surface area (Å²) in [4.78, 5) is 14.2. The van der Waals surface area contributed by atoms with Gasteiger partial charge in [-0.15, -0.1) is 6.58 Å². The normalized spacial score (nSPS) is 21.7. The van der Waals surface area contributed by atoms with Gasteiger partial charge in [-0.05, 0) is 76.7 Å². The number of fused-ring (bicyclic) bond motifs is 3. The van der Waals surface area contributed by atoms with E-state index in [4.69, 9.17) is 4.98 Å². The van der Waals surface area contributed by atoms with Crippen molar-refractivity contribution in [2.24, 2.45) is 5.92 Å². The number of anilines is 2. The van der Waals surface area contributed by atoms with Crippen LogP contribution in [0.25, 0.3) is 22.8 Å². The summed E-state index contributed by atoms with van der Waals surface area (Å²) in [5.41, 5.74) is 10.0. The molecule has 4 aromatic rings. The van der Waals surface area contributed by atoms with Crippen molar-refractivity contribution in [3.8, 4) is 11.1 Å². The van der Waals surface area contributed by atoms with Gasteiger partial charge in [0.25, 0.3) is 0 Å². The Kier molecular flexibility index (Phi) is 6.15. The molecule has 0 fully saturated rings. The van der Waals surface area contributed by atoms with Crippen molar-refractivity contribution in [3.05, 3.63) is 162 Å². The van der Waals surface area contributed by atoms with E-state index in [0.717, 1.165) is 23.4 Å². The number of hydrogen-bond donors (Lipinski definition) is 0. The SMILES string of the molecule is C=CC1C(/C=C/c2ccc3c(c2)C2=C4C(=CC=CC4CC=C2)S3)c2ccccc2N1c1ccc(-c2cccnc2)cn1. The van der Waals surface area contributed by atoms with Crippen molar-refractivity contribution < 1.29 is 0 Å². The van der Waals surface area contributed by atoms with Crippen LogP contribution in [-0.2, 0) is 0 Å². The maximum Gasteiger partial charge on any atom is 0.133 e. The molecule has 0 saturated carbocycles. The molecule has 0 N–H and O–H groups in total. The predicted octanol–water partition coefficient (Wildman–Crippen LogP) is 9.54. The summed E-state index contributed by atoms with van der Waals surface area (Å²) in [6.45, 7) is 4.26. The summed E-state index contributed by atoms with van der Waals surface area (Å²) in [5.74, 6) is 1.56. The second kappa shape index (κ2) is 10.3. The predicted molar refractivity (Wildman–Crippen MR) is 175 cm³/mol. The van der Waals surface area contributed by atoms with Crippen LogP contribution in [0.15, 0.2) is 150 Å². The minimum atomic E-state index is 0.0530. The summed E-state index contributed by atoms with van der Waals surface area (Å²) in [5, 5.41) is 0. The molecule has 4 heterocycles. The first-order valence-corrected chi connectivity index (χ1v) is 15.3. The highest BCUT2D eigenvalue weighted by atomic mass is 32.2. The van der Waals surface area contributed by atoms with Gasteiger partial charge in [0.15, 0.2) is 0 Å². The molecule has 2 aliphatic carbocycles. The third-order valence-electron chi connectivity index (χ3n) is 8.65. The second-order valence-electron chi connectivity index (χ2n) is 11.0. The van der Waals surface area contributed by atoms with E-state index in [1.807, 2.05) is 30.2 Å². The Morgan fingerprint density at radius 2 is 1.90 bits per heavy atom. The number of thioether (sulfide) groups is 1. The van der Waals surface area contributed by atoms with Crippen LogP contribution in [-0.4, -0.2) is 16.0 Å². The zero-order chi connectivity index (χ0) is 28.0. The monoisotopic (exact) mass is 559 g/mol. The summed E-state index contributed by atoms with van der Waals surface area (Å²) in [6, 6.07) is 23.8. The van der Waals surface area contributed by atoms with E-state index in [9.17, 15) is 0 Å². The summed E-state index contributed by atoms with van der Waals surface area (Å²) in [6.07, 6.45) is 24.9. The van der Waals surface area contributed by atoms with Gasteiger partial charge in [0, 0.05) is 57.0 Å². The van der Waals surface area contributed by atoms with Crippen molar-refractivity contribution in [1.82, 2.24) is 9.97 Å². The summed E-state index contributed by atoms with van der Waals surface area (Å²) < 4.78 is 0. The van der Waals surface area contributed by atoms with E-state index in [0.29, 0.717) is 5.92 Å². The highest BCUT2D eigenvalue weighted by molar-refractivity contribution is 8.03. The lowest BCUT2D eigenvalue weighted by Gasteiger charge is -2.32. The van der Waals surface area contributed by atoms with Crippen molar-refractivity contribution in [2.45, 2.75) is 23.3 Å². The molecule has 0 radical (unpaired) electrons. The molecule has 0 saturated heterocycles. The quantitative estimate of drug-likeness (QED) is 0.228. The van der Waals surface area contributed by atoms with Gasteiger partial charge in [-0.25, -0.2) is 4.98 Å². The van der Waals surface area contributed by atoms with Crippen LogP contribution in [0, 0.1) is 5.92 Å². The van der Waals surface area contributed by atoms with Crippen LogP contribution in [0.5, 0.6) is 0 Å². The molecule has 0 amide bonds. The number of allylic oxidation sites excluding steroid dienone is 7. The average Bonchev–Trinajstić information content (AvgIpc) is 3.38. The Morgan fingerprint density at radius 1 is 0.976 bits per heavy atom. The van der Waals surface area contributed by atoms with Gasteiger partial charge in [-0.1, -0.05) is 84.6 Å². The van der Waals surface area contributed by atoms with Gasteiger partial charge in [-0.3, -0.25) is 4.98 Å². The Hall–Kier alpha value is -4.67. The summed E-state index contributed by atoms with van der Waals surface area (Å²) >= 11 is 1.91. The van der Waals surface area contributed by atoms with Crippen LogP contribution in [0.4, 0.5) is 11.5 Å². The lowest BCUT2D eigenvalue weighted by Crippen LogP contribution is -2.28. The Labute approximate surface area is 251 Å². The van der Waals surface area contributed by atoms with E-state index < -0.39 is 0 Å². The third kappa shape index (κ3) is 4.14. The third-order valence-corrected chi connectivity index (χ3v) is 9.81. The lowest BCUT2D eigenvalue weighted by molar-refractivity contribution is 0.749. The fourth-order valence-corrected chi connectivity index (χ4v) is 7.85. The fourth-order valence-electron chi connectivity index (χ4n) is 6.68. The maximum absolute atomic E-state index is 4.90. The van der Waals surface area contributed by atoms with Crippen molar-refractivity contribution in [2.75, 3.05) is 4.90 Å². The van der Waals surface area contributed by atoms with Gasteiger partial charge in [0.05, 0.1) is 6.04 Å². The zero-order valence-electron chi connectivity index (χ0n) is 23.1. The van der Waals surface area contributed by atoms with Crippen molar-refractivity contribution in [1.29, 1.82) is 0 Å². The molecule has 2 aromatic carbocycles. The van der Waals surface area contributed by atoms with Gasteiger partial charge in [0.1, 0.15) is 5.82 Å². The molecular formula is C38H29N3S. The number of aromatic nitrogens is 2. The Morgan fingerprint density at radius 3 is 2.76 bits per heavy atom. The second-order valence-corrected chi connectivity index (χ2v) is 12.1. The first-order chi connectivity index (χ1) is 20.8. The van der Waals surface area contributed by atoms with E-state index >= 15 is 0 Å². The molecule has 4 aliphatic rings. The van der Waals surface area contributed by atoms with Gasteiger partial charge in [0.2, 0.25) is 0 Å². The van der Waals surface area contributed by atoms with Gasteiger partial charge in [-0.2, -0.15) is 0 Å². The fraction of sp³-hybridized carbons (Fsp3) is 0.105. The van der Waals surface area contributed by atoms with Crippen LogP contribution in [0.2, 0.25) is 0 Å². The molecule has 3 unspecified atom stereocenters. The van der Waals surface area contributed by atoms with Crippen molar-refractivity contribution >= 4 is 34.9 Å². The van der Waals surface area contributed by atoms with Gasteiger partial charge < -0.3 is 4.90 Å². The standard InChI is InChI=1S/C38H29N3S/c1-2-33-30(18-15-25-16-19-35-32(22-25)31-12-5-8-26-9-6-14-36(42-35)38(26)31)29-11-3-4-13-34(29)41(33)37-20-17-28(24-40-37)27-10-7-21-39-23-27/h2-7,9-24,26,30,33H,1,8H2/b18-15+. The number of hydrogen-bond acceptors (Lipinski definition) is 4. The zero-order valence-corrected chi connectivity index (χ0v) is 23.9. The van der Waals surface area contributed by atoms with E-state index in [-0.39, 0.29) is 12.0 Å². The molecular weight excluding hydrogens is 531 g/mol. The Bertz CT molecular complexity index is 1860. The highest BCUT2D eigenvalue weighted by Crippen LogP contribution is 2.52. The minimum Gasteiger partial charge on any atom is -0.318 e. The lowest BCUT2D eigenvalue weighted by atomic mass is 9.81. The number of nitrogens with zero attached hydrogens (tertiary/aromatic N) is 3. The molecule has 0 spiro atoms. The first kappa shape index (κ1) is 25.1. The minimum absolute atomic E-state index is 0.0530. The molecule has 8 rings (SSSR count). The van der Waals surface area contributed by atoms with Crippen LogP contribution in [0.3, 0.4) is 0 Å². The smallest absolute Gasteiger partial charge is 0.133 e. The van der Waals surface area contributed by atoms with E-state index in [1.165, 1.54) is 43.3 Å². The highest BCUT2D eigenvalue weighted by Gasteiger charge is 2.36.